The van der Waals surface area contributed by atoms with Gasteiger partial charge in [-0.1, -0.05) is 18.2 Å². The average Bonchev–Trinajstić information content (AvgIpc) is 2.81. The number of amides is 1. The van der Waals surface area contributed by atoms with Crippen LogP contribution in [-0.2, 0) is 46.5 Å². The number of hydrogen-bond donors (Lipinski definition) is 1. The Bertz CT molecular complexity index is 1360. The van der Waals surface area contributed by atoms with Crippen molar-refractivity contribution in [2.75, 3.05) is 7.05 Å². The first-order valence-electron chi connectivity index (χ1n) is 10.8. The third kappa shape index (κ3) is 4.42. The number of carbonyl (C=O) groups excluding carboxylic acids is 2. The number of ether oxygens (including phenoxy) is 1. The van der Waals surface area contributed by atoms with E-state index in [1.54, 1.807) is 0 Å². The maximum absolute atomic E-state index is 13.4. The fourth-order valence-corrected chi connectivity index (χ4v) is 4.41. The van der Waals surface area contributed by atoms with Gasteiger partial charge in [0.1, 0.15) is 6.61 Å². The number of nitrogens with zero attached hydrogens (tertiary/aromatic N) is 1. The molecule has 2 heterocycles. The molecule has 6 nitrogen and oxygen atoms in total. The molecule has 4 rings (SSSR count). The summed E-state index contributed by atoms with van der Waals surface area (Å²) in [4.78, 5) is 36.6. The molecule has 1 aliphatic heterocycles. The minimum Gasteiger partial charge on any atom is -0.461 e. The molecule has 0 fully saturated rings. The standard InChI is InChI=1S/C25H23F3N2O4/c1-14(31)34-13-15-3-4-16-9-10-30-23(20(16)11-15)19(7-8-22(32)29-2)18-6-5-17(25(26,27)28)12-21(18)24(30)33/h3-6,11-12H,7-10,13H2,1-2H3,(H,29,32). The molecule has 1 N–H and O–H groups in total. The first-order chi connectivity index (χ1) is 16.1. The van der Waals surface area contributed by atoms with E-state index in [4.69, 9.17) is 4.74 Å². The fourth-order valence-electron chi connectivity index (χ4n) is 4.41. The molecule has 178 valence electrons. The maximum Gasteiger partial charge on any atom is 0.416 e. The fraction of sp³-hybridized carbons (Fsp3) is 0.320. The lowest BCUT2D eigenvalue weighted by molar-refractivity contribution is -0.142. The summed E-state index contributed by atoms with van der Waals surface area (Å²) in [6.07, 6.45) is -3.71. The van der Waals surface area contributed by atoms with Crippen molar-refractivity contribution in [2.24, 2.45) is 0 Å². The SMILES string of the molecule is CNC(=O)CCc1c2n(c(=O)c3cc(C(F)(F)F)ccc13)CCc1ccc(COC(C)=O)cc1-2. The summed E-state index contributed by atoms with van der Waals surface area (Å²) in [6, 6.07) is 8.75. The van der Waals surface area contributed by atoms with Crippen molar-refractivity contribution in [1.29, 1.82) is 0 Å². The normalized spacial score (nSPS) is 12.7. The summed E-state index contributed by atoms with van der Waals surface area (Å²) in [5, 5.41) is 2.93. The third-order valence-electron chi connectivity index (χ3n) is 6.06. The van der Waals surface area contributed by atoms with Gasteiger partial charge in [0.15, 0.2) is 0 Å². The minimum atomic E-state index is -4.58. The molecule has 2 aromatic carbocycles. The van der Waals surface area contributed by atoms with E-state index in [1.807, 2.05) is 18.2 Å². The highest BCUT2D eigenvalue weighted by Crippen LogP contribution is 2.38. The molecule has 1 amide bonds. The van der Waals surface area contributed by atoms with E-state index < -0.39 is 23.3 Å². The predicted octanol–water partition coefficient (Wildman–Crippen LogP) is 3.99. The second-order valence-electron chi connectivity index (χ2n) is 8.24. The molecule has 0 saturated carbocycles. The highest BCUT2D eigenvalue weighted by atomic mass is 19.4. The molecular formula is C25H23F3N2O4. The molecule has 34 heavy (non-hydrogen) atoms. The number of rotatable bonds is 5. The number of aromatic nitrogens is 1. The Labute approximate surface area is 193 Å². The zero-order chi connectivity index (χ0) is 24.6. The molecule has 0 bridgehead atoms. The Morgan fingerprint density at radius 2 is 1.88 bits per heavy atom. The monoisotopic (exact) mass is 472 g/mol. The molecule has 9 heteroatoms. The number of fused-ring (bicyclic) bond motifs is 4. The Kier molecular flexibility index (Phi) is 6.20. The van der Waals surface area contributed by atoms with Crippen molar-refractivity contribution in [3.05, 3.63) is 69.0 Å². The third-order valence-corrected chi connectivity index (χ3v) is 6.06. The number of hydrogen-bond acceptors (Lipinski definition) is 4. The summed E-state index contributed by atoms with van der Waals surface area (Å²) < 4.78 is 46.7. The molecule has 0 aliphatic carbocycles. The van der Waals surface area contributed by atoms with Crippen molar-refractivity contribution in [3.63, 3.8) is 0 Å². The summed E-state index contributed by atoms with van der Waals surface area (Å²) in [7, 11) is 1.51. The Morgan fingerprint density at radius 1 is 1.12 bits per heavy atom. The van der Waals surface area contributed by atoms with Gasteiger partial charge in [0.05, 0.1) is 11.3 Å². The van der Waals surface area contributed by atoms with E-state index in [0.717, 1.165) is 28.8 Å². The van der Waals surface area contributed by atoms with Gasteiger partial charge >= 0.3 is 12.1 Å². The number of benzene rings is 2. The molecule has 0 atom stereocenters. The largest absolute Gasteiger partial charge is 0.461 e. The minimum absolute atomic E-state index is 0.0231. The summed E-state index contributed by atoms with van der Waals surface area (Å²) in [5.74, 6) is -0.642. The number of alkyl halides is 3. The number of pyridine rings is 1. The number of halogens is 3. The van der Waals surface area contributed by atoms with Crippen LogP contribution in [-0.4, -0.2) is 23.5 Å². The van der Waals surface area contributed by atoms with Crippen molar-refractivity contribution >= 4 is 22.6 Å². The zero-order valence-electron chi connectivity index (χ0n) is 18.7. The van der Waals surface area contributed by atoms with Crippen molar-refractivity contribution in [1.82, 2.24) is 9.88 Å². The summed E-state index contributed by atoms with van der Waals surface area (Å²) in [6.45, 7) is 1.68. The van der Waals surface area contributed by atoms with Gasteiger partial charge in [-0.15, -0.1) is 0 Å². The molecule has 0 unspecified atom stereocenters. The molecule has 0 saturated heterocycles. The number of esters is 1. The number of carbonyl (C=O) groups is 2. The van der Waals surface area contributed by atoms with Crippen LogP contribution in [0.25, 0.3) is 22.0 Å². The highest BCUT2D eigenvalue weighted by Gasteiger charge is 2.32. The lowest BCUT2D eigenvalue weighted by Gasteiger charge is -2.27. The first kappa shape index (κ1) is 23.5. The van der Waals surface area contributed by atoms with Gasteiger partial charge in [0, 0.05) is 37.9 Å². The van der Waals surface area contributed by atoms with Gasteiger partial charge in [-0.05, 0) is 53.1 Å². The second kappa shape index (κ2) is 8.96. The number of nitrogens with one attached hydrogen (secondary N) is 1. The number of aryl methyl sites for hydroxylation is 2. The lowest BCUT2D eigenvalue weighted by atomic mass is 9.88. The Morgan fingerprint density at radius 3 is 2.56 bits per heavy atom. The van der Waals surface area contributed by atoms with Crippen molar-refractivity contribution < 1.29 is 27.5 Å². The second-order valence-corrected chi connectivity index (χ2v) is 8.24. The average molecular weight is 472 g/mol. The van der Waals surface area contributed by atoms with Crippen LogP contribution in [0.4, 0.5) is 13.2 Å². The van der Waals surface area contributed by atoms with Crippen LogP contribution in [0.1, 0.15) is 35.6 Å². The van der Waals surface area contributed by atoms with Crippen LogP contribution in [0.3, 0.4) is 0 Å². The van der Waals surface area contributed by atoms with Gasteiger partial charge in [-0.25, -0.2) is 0 Å². The van der Waals surface area contributed by atoms with E-state index >= 15 is 0 Å². The van der Waals surface area contributed by atoms with Gasteiger partial charge in [0.25, 0.3) is 5.56 Å². The molecule has 1 aromatic heterocycles. The van der Waals surface area contributed by atoms with Gasteiger partial charge < -0.3 is 14.6 Å². The van der Waals surface area contributed by atoms with Crippen molar-refractivity contribution in [3.8, 4) is 11.3 Å². The van der Waals surface area contributed by atoms with Crippen LogP contribution in [0.5, 0.6) is 0 Å². The zero-order valence-corrected chi connectivity index (χ0v) is 18.7. The van der Waals surface area contributed by atoms with Crippen LogP contribution < -0.4 is 10.9 Å². The first-order valence-corrected chi connectivity index (χ1v) is 10.8. The molecule has 0 radical (unpaired) electrons. The summed E-state index contributed by atoms with van der Waals surface area (Å²) >= 11 is 0. The highest BCUT2D eigenvalue weighted by molar-refractivity contribution is 5.92. The van der Waals surface area contributed by atoms with E-state index in [2.05, 4.69) is 5.32 Å². The van der Waals surface area contributed by atoms with E-state index in [1.165, 1.54) is 24.6 Å². The smallest absolute Gasteiger partial charge is 0.416 e. The summed E-state index contributed by atoms with van der Waals surface area (Å²) in [5.41, 5.74) is 2.27. The molecule has 3 aromatic rings. The topological polar surface area (TPSA) is 77.4 Å². The van der Waals surface area contributed by atoms with Gasteiger partial charge in [-0.3, -0.25) is 14.4 Å². The van der Waals surface area contributed by atoms with E-state index in [-0.39, 0.29) is 30.7 Å². The van der Waals surface area contributed by atoms with E-state index in [0.29, 0.717) is 29.6 Å². The molecular weight excluding hydrogens is 449 g/mol. The lowest BCUT2D eigenvalue weighted by Crippen LogP contribution is -2.29. The van der Waals surface area contributed by atoms with Crippen LogP contribution in [0.15, 0.2) is 41.2 Å². The molecule has 0 spiro atoms. The van der Waals surface area contributed by atoms with Crippen LogP contribution in [0, 0.1) is 0 Å². The van der Waals surface area contributed by atoms with Gasteiger partial charge in [-0.2, -0.15) is 13.2 Å². The van der Waals surface area contributed by atoms with Crippen LogP contribution >= 0.6 is 0 Å². The van der Waals surface area contributed by atoms with Crippen LogP contribution in [0.2, 0.25) is 0 Å². The Hall–Kier alpha value is -3.62. The molecule has 1 aliphatic rings. The van der Waals surface area contributed by atoms with E-state index in [9.17, 15) is 27.6 Å². The van der Waals surface area contributed by atoms with Gasteiger partial charge in [0.2, 0.25) is 5.91 Å². The predicted molar refractivity (Wildman–Crippen MR) is 120 cm³/mol. The maximum atomic E-state index is 13.4. The van der Waals surface area contributed by atoms with Crippen molar-refractivity contribution in [2.45, 2.75) is 45.5 Å². The quantitative estimate of drug-likeness (QED) is 0.570. The Balaban J connectivity index is 1.97.